The van der Waals surface area contributed by atoms with Gasteiger partial charge in [-0.2, -0.15) is 0 Å². The largest absolute Gasteiger partial charge is 0.293 e. The zero-order valence-corrected chi connectivity index (χ0v) is 11.0. The Kier molecular flexibility index (Phi) is 2.96. The van der Waals surface area contributed by atoms with Gasteiger partial charge in [0.1, 0.15) is 0 Å². The van der Waals surface area contributed by atoms with Crippen LogP contribution in [0.4, 0.5) is 0 Å². The van der Waals surface area contributed by atoms with Crippen LogP contribution in [0.25, 0.3) is 0 Å². The maximum Gasteiger partial charge on any atom is 0.176 e. The van der Waals surface area contributed by atoms with Gasteiger partial charge < -0.3 is 0 Å². The molecule has 3 rings (SSSR count). The highest BCUT2D eigenvalue weighted by molar-refractivity contribution is 8.01. The van der Waals surface area contributed by atoms with Crippen molar-refractivity contribution in [3.63, 3.8) is 0 Å². The van der Waals surface area contributed by atoms with Crippen molar-refractivity contribution in [1.29, 1.82) is 0 Å². The number of ketones is 1. The summed E-state index contributed by atoms with van der Waals surface area (Å²) in [6.45, 7) is 2.04. The number of rotatable bonds is 2. The van der Waals surface area contributed by atoms with Crippen LogP contribution in [0.1, 0.15) is 21.5 Å². The van der Waals surface area contributed by atoms with E-state index in [1.165, 1.54) is 16.0 Å². The van der Waals surface area contributed by atoms with Gasteiger partial charge in [0.15, 0.2) is 5.78 Å². The molecule has 0 amide bonds. The SMILES string of the molecule is Cc1ccc(C(=O)[C@H]2Cc3ccccc3S2)cc1. The van der Waals surface area contributed by atoms with E-state index in [4.69, 9.17) is 0 Å². The summed E-state index contributed by atoms with van der Waals surface area (Å²) in [5, 5.41) is 0.0464. The van der Waals surface area contributed by atoms with Crippen molar-refractivity contribution >= 4 is 17.5 Å². The molecule has 0 fully saturated rings. The Morgan fingerprint density at radius 3 is 2.56 bits per heavy atom. The van der Waals surface area contributed by atoms with Gasteiger partial charge in [0.25, 0.3) is 0 Å². The molecule has 1 heterocycles. The van der Waals surface area contributed by atoms with Crippen molar-refractivity contribution in [2.24, 2.45) is 0 Å². The molecule has 0 N–H and O–H groups in total. The third kappa shape index (κ3) is 2.08. The van der Waals surface area contributed by atoms with Gasteiger partial charge in [-0.25, -0.2) is 0 Å². The molecule has 2 heteroatoms. The van der Waals surface area contributed by atoms with Crippen LogP contribution in [0.5, 0.6) is 0 Å². The number of fused-ring (bicyclic) bond motifs is 1. The van der Waals surface area contributed by atoms with Crippen molar-refractivity contribution in [3.8, 4) is 0 Å². The van der Waals surface area contributed by atoms with E-state index in [1.807, 2.05) is 43.3 Å². The third-order valence-corrected chi connectivity index (χ3v) is 4.59. The number of hydrogen-bond acceptors (Lipinski definition) is 2. The van der Waals surface area contributed by atoms with Gasteiger partial charge >= 0.3 is 0 Å². The summed E-state index contributed by atoms with van der Waals surface area (Å²) in [7, 11) is 0. The molecule has 0 unspecified atom stereocenters. The number of carbonyl (C=O) groups excluding carboxylic acids is 1. The molecule has 1 aliphatic rings. The van der Waals surface area contributed by atoms with Crippen LogP contribution in [-0.2, 0) is 6.42 Å². The molecule has 1 atom stereocenters. The molecule has 90 valence electrons. The highest BCUT2D eigenvalue weighted by atomic mass is 32.2. The molecule has 0 aliphatic carbocycles. The standard InChI is InChI=1S/C16H14OS/c1-11-6-8-12(9-7-11)16(17)15-10-13-4-2-3-5-14(13)18-15/h2-9,15H,10H2,1H3/t15-/m1/s1. The normalized spacial score (nSPS) is 17.5. The first-order valence-corrected chi connectivity index (χ1v) is 6.97. The zero-order chi connectivity index (χ0) is 12.5. The summed E-state index contributed by atoms with van der Waals surface area (Å²) in [5.74, 6) is 0.246. The van der Waals surface area contributed by atoms with Crippen molar-refractivity contribution < 1.29 is 4.79 Å². The number of benzene rings is 2. The van der Waals surface area contributed by atoms with Crippen molar-refractivity contribution in [1.82, 2.24) is 0 Å². The molecule has 1 aliphatic heterocycles. The van der Waals surface area contributed by atoms with E-state index < -0.39 is 0 Å². The van der Waals surface area contributed by atoms with E-state index in [9.17, 15) is 4.79 Å². The quantitative estimate of drug-likeness (QED) is 0.756. The van der Waals surface area contributed by atoms with Crippen LogP contribution in [0, 0.1) is 6.92 Å². The average molecular weight is 254 g/mol. The molecule has 0 saturated carbocycles. The minimum absolute atomic E-state index is 0.0464. The Hall–Kier alpha value is -1.54. The Bertz CT molecular complexity index is 561. The predicted octanol–water partition coefficient (Wildman–Crippen LogP) is 3.89. The molecular weight excluding hydrogens is 240 g/mol. The summed E-state index contributed by atoms with van der Waals surface area (Å²) < 4.78 is 0. The lowest BCUT2D eigenvalue weighted by Gasteiger charge is -2.07. The average Bonchev–Trinajstić information content (AvgIpc) is 2.82. The van der Waals surface area contributed by atoms with Gasteiger partial charge in [-0.15, -0.1) is 11.8 Å². The Labute approximate surface area is 111 Å². The van der Waals surface area contributed by atoms with E-state index in [2.05, 4.69) is 12.1 Å². The zero-order valence-electron chi connectivity index (χ0n) is 10.2. The van der Waals surface area contributed by atoms with Gasteiger partial charge in [0, 0.05) is 10.5 Å². The summed E-state index contributed by atoms with van der Waals surface area (Å²) in [4.78, 5) is 13.7. The highest BCUT2D eigenvalue weighted by Gasteiger charge is 2.28. The van der Waals surface area contributed by atoms with Crippen LogP contribution >= 0.6 is 11.8 Å². The first-order chi connectivity index (χ1) is 8.74. The second kappa shape index (κ2) is 4.62. The van der Waals surface area contributed by atoms with E-state index in [1.54, 1.807) is 11.8 Å². The number of thioether (sulfide) groups is 1. The molecule has 2 aromatic carbocycles. The molecule has 0 radical (unpaired) electrons. The molecular formula is C16H14OS. The first kappa shape index (κ1) is 11.5. The molecule has 0 bridgehead atoms. The fourth-order valence-electron chi connectivity index (χ4n) is 2.23. The van der Waals surface area contributed by atoms with E-state index in [0.29, 0.717) is 0 Å². The van der Waals surface area contributed by atoms with Gasteiger partial charge in [-0.05, 0) is 25.0 Å². The lowest BCUT2D eigenvalue weighted by molar-refractivity contribution is 0.0990. The van der Waals surface area contributed by atoms with E-state index >= 15 is 0 Å². The van der Waals surface area contributed by atoms with Crippen LogP contribution < -0.4 is 0 Å². The van der Waals surface area contributed by atoms with E-state index in [0.717, 1.165) is 12.0 Å². The van der Waals surface area contributed by atoms with Crippen LogP contribution in [0.2, 0.25) is 0 Å². The molecule has 18 heavy (non-hydrogen) atoms. The Morgan fingerprint density at radius 1 is 1.11 bits per heavy atom. The fraction of sp³-hybridized carbons (Fsp3) is 0.188. The summed E-state index contributed by atoms with van der Waals surface area (Å²) in [5.41, 5.74) is 3.31. The Balaban J connectivity index is 1.82. The molecule has 1 nitrogen and oxygen atoms in total. The van der Waals surface area contributed by atoms with Gasteiger partial charge in [0.2, 0.25) is 0 Å². The fourth-order valence-corrected chi connectivity index (χ4v) is 3.50. The maximum absolute atomic E-state index is 12.4. The number of aryl methyl sites for hydroxylation is 1. The van der Waals surface area contributed by atoms with Crippen molar-refractivity contribution in [3.05, 3.63) is 65.2 Å². The van der Waals surface area contributed by atoms with Crippen molar-refractivity contribution in [2.45, 2.75) is 23.5 Å². The summed E-state index contributed by atoms with van der Waals surface area (Å²) in [6, 6.07) is 16.2. The van der Waals surface area contributed by atoms with Gasteiger partial charge in [-0.1, -0.05) is 48.0 Å². The second-order valence-electron chi connectivity index (χ2n) is 4.65. The lowest BCUT2D eigenvalue weighted by atomic mass is 10.0. The van der Waals surface area contributed by atoms with Gasteiger partial charge in [-0.3, -0.25) is 4.79 Å². The molecule has 2 aromatic rings. The number of hydrogen-bond donors (Lipinski definition) is 0. The molecule has 0 aromatic heterocycles. The van der Waals surface area contributed by atoms with Crippen molar-refractivity contribution in [2.75, 3.05) is 0 Å². The second-order valence-corrected chi connectivity index (χ2v) is 5.89. The summed E-state index contributed by atoms with van der Waals surface area (Å²) >= 11 is 1.69. The smallest absolute Gasteiger partial charge is 0.176 e. The molecule has 0 spiro atoms. The highest BCUT2D eigenvalue weighted by Crippen LogP contribution is 2.38. The third-order valence-electron chi connectivity index (χ3n) is 3.28. The monoisotopic (exact) mass is 254 g/mol. The van der Waals surface area contributed by atoms with Crippen LogP contribution in [-0.4, -0.2) is 11.0 Å². The minimum atomic E-state index is 0.0464. The Morgan fingerprint density at radius 2 is 1.83 bits per heavy atom. The minimum Gasteiger partial charge on any atom is -0.293 e. The lowest BCUT2D eigenvalue weighted by Crippen LogP contribution is -2.16. The maximum atomic E-state index is 12.4. The predicted molar refractivity (Wildman–Crippen MR) is 75.3 cm³/mol. The topological polar surface area (TPSA) is 17.1 Å². The summed E-state index contributed by atoms with van der Waals surface area (Å²) in [6.07, 6.45) is 0.855. The van der Waals surface area contributed by atoms with E-state index in [-0.39, 0.29) is 11.0 Å². The van der Waals surface area contributed by atoms with Gasteiger partial charge in [0.05, 0.1) is 5.25 Å². The first-order valence-electron chi connectivity index (χ1n) is 6.09. The van der Waals surface area contributed by atoms with Crippen LogP contribution in [0.15, 0.2) is 53.4 Å². The molecule has 0 saturated heterocycles. The number of carbonyl (C=O) groups is 1. The van der Waals surface area contributed by atoms with Crippen LogP contribution in [0.3, 0.4) is 0 Å². The number of Topliss-reactive ketones (excluding diaryl/α,β-unsaturated/α-hetero) is 1.